The molecule has 5 nitrogen and oxygen atoms in total. The predicted molar refractivity (Wildman–Crippen MR) is 50.1 cm³/mol. The van der Waals surface area contributed by atoms with Gasteiger partial charge in [0.2, 0.25) is 5.91 Å². The van der Waals surface area contributed by atoms with Gasteiger partial charge in [-0.05, 0) is 6.92 Å². The Morgan fingerprint density at radius 2 is 2.64 bits per heavy atom. The molecule has 1 heterocycles. The van der Waals surface area contributed by atoms with E-state index in [2.05, 4.69) is 15.3 Å². The number of rotatable bonds is 4. The molecule has 14 heavy (non-hydrogen) atoms. The third-order valence-corrected chi connectivity index (χ3v) is 1.73. The van der Waals surface area contributed by atoms with Crippen molar-refractivity contribution in [2.24, 2.45) is 0 Å². The van der Waals surface area contributed by atoms with Gasteiger partial charge in [-0.2, -0.15) is 5.26 Å². The molecule has 0 aromatic carbocycles. The first-order valence-electron chi connectivity index (χ1n) is 4.36. The molecule has 0 saturated carbocycles. The fourth-order valence-electron chi connectivity index (χ4n) is 1.17. The Morgan fingerprint density at radius 3 is 3.21 bits per heavy atom. The molecule has 2 N–H and O–H groups in total. The molecule has 5 heteroatoms. The van der Waals surface area contributed by atoms with E-state index >= 15 is 0 Å². The van der Waals surface area contributed by atoms with Gasteiger partial charge in [-0.25, -0.2) is 4.98 Å². The van der Waals surface area contributed by atoms with Crippen LogP contribution in [0.2, 0.25) is 0 Å². The van der Waals surface area contributed by atoms with Crippen LogP contribution in [-0.2, 0) is 11.2 Å². The van der Waals surface area contributed by atoms with Crippen molar-refractivity contribution in [3.63, 3.8) is 0 Å². The molecular formula is C9H12N4O. The molecule has 1 atom stereocenters. The van der Waals surface area contributed by atoms with Crippen LogP contribution in [0.3, 0.4) is 0 Å². The zero-order chi connectivity index (χ0) is 10.4. The maximum Gasteiger partial charge on any atom is 0.234 e. The van der Waals surface area contributed by atoms with Crippen LogP contribution in [-0.4, -0.2) is 21.9 Å². The first kappa shape index (κ1) is 10.3. The molecule has 0 radical (unpaired) electrons. The van der Waals surface area contributed by atoms with Crippen molar-refractivity contribution in [1.82, 2.24) is 15.3 Å². The number of H-pyrrole nitrogens is 1. The number of nitrogens with one attached hydrogen (secondary N) is 2. The average molecular weight is 192 g/mol. The number of carbonyl (C=O) groups is 1. The van der Waals surface area contributed by atoms with Crippen molar-refractivity contribution in [3.05, 3.63) is 18.2 Å². The van der Waals surface area contributed by atoms with Crippen LogP contribution in [0.25, 0.3) is 0 Å². The van der Waals surface area contributed by atoms with Crippen LogP contribution < -0.4 is 5.32 Å². The molecule has 0 bridgehead atoms. The Balaban J connectivity index is 2.33. The second-order valence-corrected chi connectivity index (χ2v) is 3.08. The number of aromatic amines is 1. The molecule has 0 fully saturated rings. The standard InChI is InChI=1S/C9H12N4O/c1-7(13-9(14)2-3-10)4-8-5-11-6-12-8/h5-7H,2,4H2,1H3,(H,11,12)(H,13,14)/t7-/m1/s1. The highest BCUT2D eigenvalue weighted by Gasteiger charge is 2.07. The number of carbonyl (C=O) groups excluding carboxylic acids is 1. The number of nitriles is 1. The van der Waals surface area contributed by atoms with Crippen LogP contribution in [0.5, 0.6) is 0 Å². The van der Waals surface area contributed by atoms with Gasteiger partial charge in [0.25, 0.3) is 0 Å². The fraction of sp³-hybridized carbons (Fsp3) is 0.444. The maximum absolute atomic E-state index is 11.0. The number of hydrogen-bond donors (Lipinski definition) is 2. The van der Waals surface area contributed by atoms with E-state index in [-0.39, 0.29) is 18.4 Å². The van der Waals surface area contributed by atoms with Crippen LogP contribution in [0.4, 0.5) is 0 Å². The largest absolute Gasteiger partial charge is 0.352 e. The lowest BCUT2D eigenvalue weighted by Gasteiger charge is -2.10. The topological polar surface area (TPSA) is 81.6 Å². The fourth-order valence-corrected chi connectivity index (χ4v) is 1.17. The van der Waals surface area contributed by atoms with Crippen LogP contribution in [0.15, 0.2) is 12.5 Å². The molecule has 1 rings (SSSR count). The molecule has 0 saturated heterocycles. The van der Waals surface area contributed by atoms with Gasteiger partial charge in [-0.1, -0.05) is 0 Å². The highest BCUT2D eigenvalue weighted by molar-refractivity contribution is 5.78. The molecule has 1 aromatic rings. The SMILES string of the molecule is C[C@H](Cc1cnc[nH]1)NC(=O)CC#N. The minimum Gasteiger partial charge on any atom is -0.352 e. The minimum absolute atomic E-state index is 0.0105. The monoisotopic (exact) mass is 192 g/mol. The maximum atomic E-state index is 11.0. The molecule has 0 aliphatic heterocycles. The average Bonchev–Trinajstić information content (AvgIpc) is 2.56. The van der Waals surface area contributed by atoms with Gasteiger partial charge < -0.3 is 10.3 Å². The summed E-state index contributed by atoms with van der Waals surface area (Å²) in [5, 5.41) is 11.0. The molecule has 74 valence electrons. The second-order valence-electron chi connectivity index (χ2n) is 3.08. The Morgan fingerprint density at radius 1 is 1.86 bits per heavy atom. The molecule has 0 spiro atoms. The van der Waals surface area contributed by atoms with Crippen LogP contribution in [0.1, 0.15) is 19.0 Å². The zero-order valence-corrected chi connectivity index (χ0v) is 7.95. The molecule has 0 aliphatic carbocycles. The quantitative estimate of drug-likeness (QED) is 0.723. The molecule has 1 amide bonds. The first-order valence-corrected chi connectivity index (χ1v) is 4.36. The summed E-state index contributed by atoms with van der Waals surface area (Å²) in [6.07, 6.45) is 3.91. The van der Waals surface area contributed by atoms with E-state index in [1.807, 2.05) is 6.92 Å². The van der Waals surface area contributed by atoms with Gasteiger partial charge in [0.1, 0.15) is 6.42 Å². The number of nitrogens with zero attached hydrogens (tertiary/aromatic N) is 2. The van der Waals surface area contributed by atoms with Crippen molar-refractivity contribution in [2.45, 2.75) is 25.8 Å². The van der Waals surface area contributed by atoms with E-state index in [0.29, 0.717) is 6.42 Å². The summed E-state index contributed by atoms with van der Waals surface area (Å²) in [6, 6.07) is 1.81. The summed E-state index contributed by atoms with van der Waals surface area (Å²) in [6.45, 7) is 1.89. The van der Waals surface area contributed by atoms with E-state index in [1.54, 1.807) is 18.6 Å². The first-order chi connectivity index (χ1) is 6.72. The van der Waals surface area contributed by atoms with Crippen molar-refractivity contribution in [3.8, 4) is 6.07 Å². The Hall–Kier alpha value is -1.83. The van der Waals surface area contributed by atoms with Crippen LogP contribution >= 0.6 is 0 Å². The predicted octanol–water partition coefficient (Wildman–Crippen LogP) is 0.371. The Kier molecular flexibility index (Phi) is 3.68. The highest BCUT2D eigenvalue weighted by atomic mass is 16.1. The van der Waals surface area contributed by atoms with Gasteiger partial charge in [0, 0.05) is 24.4 Å². The number of hydrogen-bond acceptors (Lipinski definition) is 3. The van der Waals surface area contributed by atoms with E-state index in [1.165, 1.54) is 0 Å². The summed E-state index contributed by atoms with van der Waals surface area (Å²) in [5.74, 6) is -0.237. The molecule has 0 aliphatic rings. The van der Waals surface area contributed by atoms with Gasteiger partial charge in [-0.3, -0.25) is 4.79 Å². The lowest BCUT2D eigenvalue weighted by molar-refractivity contribution is -0.120. The Labute approximate surface area is 82.2 Å². The van der Waals surface area contributed by atoms with Crippen molar-refractivity contribution in [2.75, 3.05) is 0 Å². The van der Waals surface area contributed by atoms with Crippen molar-refractivity contribution < 1.29 is 4.79 Å². The minimum atomic E-state index is -0.237. The Bertz CT molecular complexity index is 325. The van der Waals surface area contributed by atoms with Gasteiger partial charge >= 0.3 is 0 Å². The lowest BCUT2D eigenvalue weighted by atomic mass is 10.2. The highest BCUT2D eigenvalue weighted by Crippen LogP contribution is 1.97. The van der Waals surface area contributed by atoms with Gasteiger partial charge in [0.05, 0.1) is 12.4 Å². The van der Waals surface area contributed by atoms with Crippen LogP contribution in [0, 0.1) is 11.3 Å². The summed E-state index contributed by atoms with van der Waals surface area (Å²) in [4.78, 5) is 17.8. The second kappa shape index (κ2) is 5.02. The normalized spacial score (nSPS) is 11.7. The summed E-state index contributed by atoms with van der Waals surface area (Å²) >= 11 is 0. The summed E-state index contributed by atoms with van der Waals surface area (Å²) in [7, 11) is 0. The van der Waals surface area contributed by atoms with E-state index in [4.69, 9.17) is 5.26 Å². The molecular weight excluding hydrogens is 180 g/mol. The molecule has 1 aromatic heterocycles. The zero-order valence-electron chi connectivity index (χ0n) is 7.95. The van der Waals surface area contributed by atoms with E-state index in [9.17, 15) is 4.79 Å². The third-order valence-electron chi connectivity index (χ3n) is 1.73. The van der Waals surface area contributed by atoms with Crippen molar-refractivity contribution in [1.29, 1.82) is 5.26 Å². The lowest BCUT2D eigenvalue weighted by Crippen LogP contribution is -2.33. The van der Waals surface area contributed by atoms with Gasteiger partial charge in [0.15, 0.2) is 0 Å². The smallest absolute Gasteiger partial charge is 0.234 e. The van der Waals surface area contributed by atoms with E-state index in [0.717, 1.165) is 5.69 Å². The number of aromatic nitrogens is 2. The summed E-state index contributed by atoms with van der Waals surface area (Å²) in [5.41, 5.74) is 0.967. The molecule has 0 unspecified atom stereocenters. The van der Waals surface area contributed by atoms with E-state index < -0.39 is 0 Å². The van der Waals surface area contributed by atoms with Crippen molar-refractivity contribution >= 4 is 5.91 Å². The summed E-state index contributed by atoms with van der Waals surface area (Å²) < 4.78 is 0. The third kappa shape index (κ3) is 3.27. The number of imidazole rings is 1. The number of amides is 1. The van der Waals surface area contributed by atoms with Gasteiger partial charge in [-0.15, -0.1) is 0 Å².